The van der Waals surface area contributed by atoms with Crippen LogP contribution < -0.4 is 0 Å². The van der Waals surface area contributed by atoms with E-state index in [1.165, 1.54) is 33.4 Å². The Bertz CT molecular complexity index is 586. The van der Waals surface area contributed by atoms with Gasteiger partial charge in [-0.2, -0.15) is 0 Å². The van der Waals surface area contributed by atoms with Crippen molar-refractivity contribution >= 4 is 5.57 Å². The average molecular weight is 220 g/mol. The summed E-state index contributed by atoms with van der Waals surface area (Å²) in [5, 5.41) is 0. The highest BCUT2D eigenvalue weighted by atomic mass is 14.2. The van der Waals surface area contributed by atoms with E-state index in [9.17, 15) is 0 Å². The molecule has 0 aromatic heterocycles. The molecular formula is C17H16. The summed E-state index contributed by atoms with van der Waals surface area (Å²) in [7, 11) is 0. The molecule has 0 radical (unpaired) electrons. The van der Waals surface area contributed by atoms with Gasteiger partial charge in [-0.3, -0.25) is 0 Å². The molecule has 0 unspecified atom stereocenters. The van der Waals surface area contributed by atoms with E-state index in [0.717, 1.165) is 6.42 Å². The molecule has 0 aliphatic heterocycles. The summed E-state index contributed by atoms with van der Waals surface area (Å²) in [5.41, 5.74) is 8.25. The van der Waals surface area contributed by atoms with Crippen LogP contribution in [0, 0.1) is 13.8 Å². The molecule has 1 aliphatic rings. The van der Waals surface area contributed by atoms with Crippen molar-refractivity contribution in [2.75, 3.05) is 0 Å². The molecule has 0 spiro atoms. The van der Waals surface area contributed by atoms with Crippen molar-refractivity contribution in [1.29, 1.82) is 0 Å². The standard InChI is InChI=1S/C17H16/c1-12-3-6-14(7-4-12)16-10-8-15-11-13(2)5-9-17(15)16/h3-7,9-11H,8H2,1-2H3. The molecule has 84 valence electrons. The second-order valence-corrected chi connectivity index (χ2v) is 4.85. The molecule has 1 aliphatic carbocycles. The van der Waals surface area contributed by atoms with E-state index < -0.39 is 0 Å². The highest BCUT2D eigenvalue weighted by molar-refractivity contribution is 5.84. The molecular weight excluding hydrogens is 204 g/mol. The van der Waals surface area contributed by atoms with Crippen molar-refractivity contribution in [2.24, 2.45) is 0 Å². The van der Waals surface area contributed by atoms with Gasteiger partial charge in [0.2, 0.25) is 0 Å². The van der Waals surface area contributed by atoms with E-state index in [0.29, 0.717) is 0 Å². The summed E-state index contributed by atoms with van der Waals surface area (Å²) in [6.07, 6.45) is 3.41. The van der Waals surface area contributed by atoms with Crippen molar-refractivity contribution in [1.82, 2.24) is 0 Å². The van der Waals surface area contributed by atoms with Crippen molar-refractivity contribution in [3.05, 3.63) is 76.4 Å². The Kier molecular flexibility index (Phi) is 2.36. The third-order valence-electron chi connectivity index (χ3n) is 3.44. The van der Waals surface area contributed by atoms with Gasteiger partial charge in [-0.1, -0.05) is 59.7 Å². The van der Waals surface area contributed by atoms with Gasteiger partial charge in [0.15, 0.2) is 0 Å². The van der Waals surface area contributed by atoms with Crippen molar-refractivity contribution in [3.8, 4) is 0 Å². The monoisotopic (exact) mass is 220 g/mol. The normalized spacial score (nSPS) is 13.4. The van der Waals surface area contributed by atoms with E-state index in [1.807, 2.05) is 0 Å². The van der Waals surface area contributed by atoms with Gasteiger partial charge in [0.1, 0.15) is 0 Å². The van der Waals surface area contributed by atoms with E-state index >= 15 is 0 Å². The molecule has 2 aromatic rings. The molecule has 0 amide bonds. The summed E-state index contributed by atoms with van der Waals surface area (Å²) in [6.45, 7) is 4.29. The minimum Gasteiger partial charge on any atom is -0.0716 e. The first-order chi connectivity index (χ1) is 8.24. The van der Waals surface area contributed by atoms with Crippen LogP contribution in [0.3, 0.4) is 0 Å². The Balaban J connectivity index is 2.06. The number of benzene rings is 2. The lowest BCUT2D eigenvalue weighted by atomic mass is 9.97. The third-order valence-corrected chi connectivity index (χ3v) is 3.44. The van der Waals surface area contributed by atoms with E-state index in [2.05, 4.69) is 62.4 Å². The van der Waals surface area contributed by atoms with Crippen LogP contribution in [0.4, 0.5) is 0 Å². The zero-order valence-electron chi connectivity index (χ0n) is 10.3. The summed E-state index contributed by atoms with van der Waals surface area (Å²) in [6, 6.07) is 15.6. The minimum atomic E-state index is 1.07. The number of rotatable bonds is 1. The summed E-state index contributed by atoms with van der Waals surface area (Å²) >= 11 is 0. The lowest BCUT2D eigenvalue weighted by molar-refractivity contribution is 1.28. The van der Waals surface area contributed by atoms with Gasteiger partial charge in [0, 0.05) is 0 Å². The van der Waals surface area contributed by atoms with Crippen LogP contribution in [0.1, 0.15) is 27.8 Å². The molecule has 0 N–H and O–H groups in total. The molecule has 0 saturated heterocycles. The lowest BCUT2D eigenvalue weighted by Gasteiger charge is -2.07. The lowest BCUT2D eigenvalue weighted by Crippen LogP contribution is -1.88. The number of hydrogen-bond acceptors (Lipinski definition) is 0. The van der Waals surface area contributed by atoms with Crippen LogP contribution in [0.15, 0.2) is 48.5 Å². The van der Waals surface area contributed by atoms with E-state index in [-0.39, 0.29) is 0 Å². The van der Waals surface area contributed by atoms with Crippen LogP contribution in [0.25, 0.3) is 5.57 Å². The van der Waals surface area contributed by atoms with Crippen molar-refractivity contribution in [3.63, 3.8) is 0 Å². The van der Waals surface area contributed by atoms with Gasteiger partial charge < -0.3 is 0 Å². The second-order valence-electron chi connectivity index (χ2n) is 4.85. The Morgan fingerprint density at radius 3 is 2.29 bits per heavy atom. The van der Waals surface area contributed by atoms with Crippen LogP contribution in [0.5, 0.6) is 0 Å². The fourth-order valence-corrected chi connectivity index (χ4v) is 2.48. The predicted octanol–water partition coefficient (Wildman–Crippen LogP) is 4.29. The van der Waals surface area contributed by atoms with Crippen molar-refractivity contribution < 1.29 is 0 Å². The molecule has 0 bridgehead atoms. The molecule has 0 nitrogen and oxygen atoms in total. The summed E-state index contributed by atoms with van der Waals surface area (Å²) in [4.78, 5) is 0. The van der Waals surface area contributed by atoms with Gasteiger partial charge in [-0.25, -0.2) is 0 Å². The van der Waals surface area contributed by atoms with Gasteiger partial charge in [0.05, 0.1) is 0 Å². The first-order valence-electron chi connectivity index (χ1n) is 6.11. The van der Waals surface area contributed by atoms with Crippen LogP contribution >= 0.6 is 0 Å². The predicted molar refractivity (Wildman–Crippen MR) is 73.1 cm³/mol. The second kappa shape index (κ2) is 3.89. The molecule has 0 saturated carbocycles. The summed E-state index contributed by atoms with van der Waals surface area (Å²) in [5.74, 6) is 0. The minimum absolute atomic E-state index is 1.07. The Labute approximate surface area is 103 Å². The number of allylic oxidation sites excluding steroid dienone is 1. The quantitative estimate of drug-likeness (QED) is 0.672. The fourth-order valence-electron chi connectivity index (χ4n) is 2.48. The number of aryl methyl sites for hydroxylation is 2. The zero-order chi connectivity index (χ0) is 11.8. The SMILES string of the molecule is Cc1ccc(C2=CCc3cc(C)ccc32)cc1. The van der Waals surface area contributed by atoms with E-state index in [4.69, 9.17) is 0 Å². The molecule has 0 heteroatoms. The molecule has 3 rings (SSSR count). The highest BCUT2D eigenvalue weighted by Crippen LogP contribution is 2.33. The third kappa shape index (κ3) is 1.80. The first kappa shape index (κ1) is 10.3. The van der Waals surface area contributed by atoms with Gasteiger partial charge in [0.25, 0.3) is 0 Å². The Morgan fingerprint density at radius 1 is 0.824 bits per heavy atom. The average Bonchev–Trinajstić information content (AvgIpc) is 2.73. The Morgan fingerprint density at radius 2 is 1.53 bits per heavy atom. The number of hydrogen-bond donors (Lipinski definition) is 0. The number of fused-ring (bicyclic) bond motifs is 1. The first-order valence-corrected chi connectivity index (χ1v) is 6.11. The van der Waals surface area contributed by atoms with Gasteiger partial charge in [-0.15, -0.1) is 0 Å². The van der Waals surface area contributed by atoms with Gasteiger partial charge >= 0.3 is 0 Å². The molecule has 0 fully saturated rings. The molecule has 0 heterocycles. The van der Waals surface area contributed by atoms with E-state index in [1.54, 1.807) is 0 Å². The molecule has 2 aromatic carbocycles. The van der Waals surface area contributed by atoms with Gasteiger partial charge in [-0.05, 0) is 42.5 Å². The van der Waals surface area contributed by atoms with Crippen molar-refractivity contribution in [2.45, 2.75) is 20.3 Å². The Hall–Kier alpha value is -1.82. The van der Waals surface area contributed by atoms with Crippen LogP contribution in [-0.2, 0) is 6.42 Å². The summed E-state index contributed by atoms with van der Waals surface area (Å²) < 4.78 is 0. The fraction of sp³-hybridized carbons (Fsp3) is 0.176. The smallest absolute Gasteiger partial charge is 0.00818 e. The maximum absolute atomic E-state index is 2.34. The van der Waals surface area contributed by atoms with Crippen LogP contribution in [-0.4, -0.2) is 0 Å². The zero-order valence-corrected chi connectivity index (χ0v) is 10.3. The van der Waals surface area contributed by atoms with Crippen LogP contribution in [0.2, 0.25) is 0 Å². The maximum Gasteiger partial charge on any atom is -0.00818 e. The molecule has 0 atom stereocenters. The molecule has 17 heavy (non-hydrogen) atoms. The largest absolute Gasteiger partial charge is 0.0716 e. The topological polar surface area (TPSA) is 0 Å². The maximum atomic E-state index is 2.34. The highest BCUT2D eigenvalue weighted by Gasteiger charge is 2.14.